The van der Waals surface area contributed by atoms with Gasteiger partial charge in [-0.25, -0.2) is 0 Å². The molecule has 8 heteroatoms. The second-order valence-electron chi connectivity index (χ2n) is 8.08. The van der Waals surface area contributed by atoms with Gasteiger partial charge in [-0.2, -0.15) is 0 Å². The van der Waals surface area contributed by atoms with Gasteiger partial charge in [0.05, 0.1) is 26.4 Å². The molecule has 24 heavy (non-hydrogen) atoms. The number of hydrogen-bond donors (Lipinski definition) is 0. The average Bonchev–Trinajstić information content (AvgIpc) is 2.43. The van der Waals surface area contributed by atoms with Gasteiger partial charge in [0.2, 0.25) is 0 Å². The van der Waals surface area contributed by atoms with E-state index in [-0.39, 0.29) is 10.3 Å². The molecule has 0 radical (unpaired) electrons. The topological polar surface area (TPSA) is 36.9 Å². The van der Waals surface area contributed by atoms with E-state index in [1.165, 1.54) is 0 Å². The van der Waals surface area contributed by atoms with E-state index in [0.29, 0.717) is 26.4 Å². The van der Waals surface area contributed by atoms with Crippen molar-refractivity contribution in [2.45, 2.75) is 77.5 Å². The zero-order chi connectivity index (χ0) is 18.5. The van der Waals surface area contributed by atoms with Gasteiger partial charge in [0, 0.05) is 10.3 Å². The van der Waals surface area contributed by atoms with Gasteiger partial charge in [-0.1, -0.05) is 41.5 Å². The fourth-order valence-electron chi connectivity index (χ4n) is 2.00. The van der Waals surface area contributed by atoms with Crippen LogP contribution in [-0.4, -0.2) is 36.7 Å². The number of hydrogen-bond acceptors (Lipinski definition) is 6. The lowest BCUT2D eigenvalue weighted by Gasteiger charge is -2.35. The van der Waals surface area contributed by atoms with Gasteiger partial charge in [0.15, 0.2) is 13.0 Å². The summed E-state index contributed by atoms with van der Waals surface area (Å²) in [5, 5.41) is -0.306. The molecule has 0 N–H and O–H groups in total. The summed E-state index contributed by atoms with van der Waals surface area (Å²) in [6.45, 7) is 10.5. The highest BCUT2D eigenvalue weighted by molar-refractivity contribution is 8.10. The van der Waals surface area contributed by atoms with Gasteiger partial charge in [-0.15, -0.1) is 0 Å². The van der Waals surface area contributed by atoms with Crippen molar-refractivity contribution in [2.24, 2.45) is 0 Å². The Hall–Kier alpha value is 1.14. The lowest BCUT2D eigenvalue weighted by Crippen LogP contribution is -2.21. The fraction of sp³-hybridized carbons (Fsp3) is 1.00. The Morgan fingerprint density at radius 2 is 0.750 bits per heavy atom. The Labute approximate surface area is 158 Å². The van der Waals surface area contributed by atoms with E-state index in [4.69, 9.17) is 41.7 Å². The third-order valence-corrected chi connectivity index (χ3v) is 13.7. The van der Waals surface area contributed by atoms with Gasteiger partial charge in [0.25, 0.3) is 0 Å². The Bertz CT molecular complexity index is 415. The van der Waals surface area contributed by atoms with Crippen LogP contribution in [0, 0.1) is 0 Å². The highest BCUT2D eigenvalue weighted by atomic mass is 32.5. The summed E-state index contributed by atoms with van der Waals surface area (Å²) in [5.41, 5.74) is 0. The molecule has 0 saturated carbocycles. The molecule has 0 spiro atoms. The third kappa shape index (κ3) is 6.70. The highest BCUT2D eigenvalue weighted by Crippen LogP contribution is 2.61. The van der Waals surface area contributed by atoms with Crippen LogP contribution in [0.2, 0.25) is 0 Å². The predicted octanol–water partition coefficient (Wildman–Crippen LogP) is 5.84. The molecule has 0 bridgehead atoms. The standard InChI is InChI=1S/C16H34O4P2S2/c1-15(2,3)21(23)17-11-7-9-13-19-22(24,16(4,5)6)20-14-10-8-12-18-21/h7-14H2,1-6H3. The minimum Gasteiger partial charge on any atom is -0.329 e. The van der Waals surface area contributed by atoms with E-state index in [2.05, 4.69) is 41.5 Å². The van der Waals surface area contributed by atoms with E-state index >= 15 is 0 Å². The summed E-state index contributed by atoms with van der Waals surface area (Å²) in [6, 6.07) is 0. The maximum absolute atomic E-state index is 6.06. The first-order valence-corrected chi connectivity index (χ1v) is 14.0. The van der Waals surface area contributed by atoms with Crippen molar-refractivity contribution in [3.8, 4) is 0 Å². The van der Waals surface area contributed by atoms with Gasteiger partial charge >= 0.3 is 0 Å². The first-order chi connectivity index (χ1) is 10.9. The van der Waals surface area contributed by atoms with Crippen LogP contribution in [0.3, 0.4) is 0 Å². The molecule has 1 aliphatic heterocycles. The minimum atomic E-state index is -2.29. The van der Waals surface area contributed by atoms with E-state index in [9.17, 15) is 0 Å². The highest BCUT2D eigenvalue weighted by Gasteiger charge is 2.36. The Morgan fingerprint density at radius 1 is 0.542 bits per heavy atom. The van der Waals surface area contributed by atoms with Gasteiger partial charge in [-0.3, -0.25) is 0 Å². The first kappa shape index (κ1) is 23.2. The van der Waals surface area contributed by atoms with Crippen molar-refractivity contribution in [2.75, 3.05) is 26.4 Å². The van der Waals surface area contributed by atoms with Gasteiger partial charge in [0.1, 0.15) is 0 Å². The summed E-state index contributed by atoms with van der Waals surface area (Å²) in [4.78, 5) is 0. The van der Waals surface area contributed by atoms with Crippen molar-refractivity contribution in [3.63, 3.8) is 0 Å². The fourth-order valence-corrected chi connectivity index (χ4v) is 6.07. The molecule has 1 heterocycles. The van der Waals surface area contributed by atoms with Crippen molar-refractivity contribution < 1.29 is 18.1 Å². The summed E-state index contributed by atoms with van der Waals surface area (Å²) < 4.78 is 24.2. The molecule has 0 aromatic heterocycles. The van der Waals surface area contributed by atoms with Crippen LogP contribution < -0.4 is 0 Å². The lowest BCUT2D eigenvalue weighted by atomic mass is 10.3. The minimum absolute atomic E-state index is 0.153. The normalized spacial score (nSPS) is 32.9. The van der Waals surface area contributed by atoms with Crippen LogP contribution in [0.1, 0.15) is 67.2 Å². The zero-order valence-corrected chi connectivity index (χ0v) is 19.4. The molecule has 1 fully saturated rings. The molecule has 0 aromatic rings. The molecule has 1 saturated heterocycles. The first-order valence-electron chi connectivity index (χ1n) is 8.70. The Balaban J connectivity index is 2.73. The molecular formula is C16H34O4P2S2. The van der Waals surface area contributed by atoms with Gasteiger partial charge < -0.3 is 18.1 Å². The Morgan fingerprint density at radius 3 is 0.917 bits per heavy atom. The molecule has 0 unspecified atom stereocenters. The second kappa shape index (κ2) is 9.37. The van der Waals surface area contributed by atoms with Crippen LogP contribution in [0.25, 0.3) is 0 Å². The maximum Gasteiger partial charge on any atom is 0.194 e. The molecule has 0 amide bonds. The molecule has 144 valence electrons. The quantitative estimate of drug-likeness (QED) is 0.462. The zero-order valence-electron chi connectivity index (χ0n) is 16.0. The van der Waals surface area contributed by atoms with Crippen LogP contribution in [-0.2, 0) is 41.7 Å². The smallest absolute Gasteiger partial charge is 0.194 e. The maximum atomic E-state index is 6.06. The summed E-state index contributed by atoms with van der Waals surface area (Å²) >= 11 is 11.5. The molecule has 0 aromatic carbocycles. The van der Waals surface area contributed by atoms with E-state index in [1.807, 2.05) is 0 Å². The van der Waals surface area contributed by atoms with Crippen LogP contribution in [0.5, 0.6) is 0 Å². The SMILES string of the molecule is CC(C)(C)P1(=S)OCCCCOP(=S)(C(C)(C)C)OCCCCO1. The summed E-state index contributed by atoms with van der Waals surface area (Å²) in [6.07, 6.45) is 3.54. The van der Waals surface area contributed by atoms with Crippen molar-refractivity contribution >= 4 is 36.6 Å². The van der Waals surface area contributed by atoms with Crippen molar-refractivity contribution in [1.29, 1.82) is 0 Å². The molecule has 0 aliphatic carbocycles. The average molecular weight is 417 g/mol. The molecule has 1 aliphatic rings. The Kier molecular flexibility index (Phi) is 9.05. The van der Waals surface area contributed by atoms with Gasteiger partial charge in [-0.05, 0) is 49.3 Å². The third-order valence-electron chi connectivity index (χ3n) is 3.77. The lowest BCUT2D eigenvalue weighted by molar-refractivity contribution is 0.190. The predicted molar refractivity (Wildman–Crippen MR) is 110 cm³/mol. The molecule has 4 nitrogen and oxygen atoms in total. The van der Waals surface area contributed by atoms with Crippen LogP contribution >= 0.6 is 13.0 Å². The second-order valence-corrected chi connectivity index (χ2v) is 16.7. The number of rotatable bonds is 0. The van der Waals surface area contributed by atoms with Crippen LogP contribution in [0.15, 0.2) is 0 Å². The molecule has 0 atom stereocenters. The largest absolute Gasteiger partial charge is 0.329 e. The van der Waals surface area contributed by atoms with E-state index in [0.717, 1.165) is 25.7 Å². The van der Waals surface area contributed by atoms with E-state index < -0.39 is 13.0 Å². The molecule has 1 rings (SSSR count). The summed E-state index contributed by atoms with van der Waals surface area (Å²) in [5.74, 6) is 0. The van der Waals surface area contributed by atoms with Crippen LogP contribution in [0.4, 0.5) is 0 Å². The van der Waals surface area contributed by atoms with Crippen molar-refractivity contribution in [3.05, 3.63) is 0 Å². The van der Waals surface area contributed by atoms with E-state index in [1.54, 1.807) is 0 Å². The van der Waals surface area contributed by atoms with Crippen molar-refractivity contribution in [1.82, 2.24) is 0 Å². The molecular weight excluding hydrogens is 382 g/mol. The summed E-state index contributed by atoms with van der Waals surface area (Å²) in [7, 11) is 0. The monoisotopic (exact) mass is 416 g/mol.